The molecule has 0 saturated heterocycles. The molecule has 11 heteroatoms. The molecule has 10 heterocycles. The van der Waals surface area contributed by atoms with E-state index in [1.54, 1.807) is 0 Å². The summed E-state index contributed by atoms with van der Waals surface area (Å²) in [6.45, 7) is 0. The summed E-state index contributed by atoms with van der Waals surface area (Å²) < 4.78 is 22.9. The lowest BCUT2D eigenvalue weighted by molar-refractivity contribution is -0.183. The highest BCUT2D eigenvalue weighted by molar-refractivity contribution is 6.00. The number of benzene rings is 8. The third kappa shape index (κ3) is 10.4. The van der Waals surface area contributed by atoms with E-state index in [1.165, 1.54) is 0 Å². The van der Waals surface area contributed by atoms with Gasteiger partial charge in [0.25, 0.3) is 0 Å². The van der Waals surface area contributed by atoms with Crippen LogP contribution in [0, 0.1) is 0 Å². The summed E-state index contributed by atoms with van der Waals surface area (Å²) in [5.74, 6) is 0.667. The Morgan fingerprint density at radius 2 is 0.412 bits per heavy atom. The molecule has 0 amide bonds. The number of hydrogen-bond donors (Lipinski definition) is 4. The van der Waals surface area contributed by atoms with Gasteiger partial charge in [0, 0.05) is 66.5 Å². The number of aromatic amines is 4. The third-order valence-electron chi connectivity index (χ3n) is 18.2. The van der Waals surface area contributed by atoms with Crippen molar-refractivity contribution in [2.24, 2.45) is 0 Å². The highest BCUT2D eigenvalue weighted by Crippen LogP contribution is 2.49. The Kier molecular flexibility index (Phi) is 14.1. The van der Waals surface area contributed by atoms with Gasteiger partial charge in [-0.05, 0) is 117 Å². The van der Waals surface area contributed by atoms with E-state index in [1.807, 2.05) is 97.1 Å². The smallest absolute Gasteiger partial charge is 0.249 e. The van der Waals surface area contributed by atoms with Crippen molar-refractivity contribution in [3.05, 3.63) is 325 Å². The van der Waals surface area contributed by atoms with Crippen LogP contribution in [0.25, 0.3) is 157 Å². The lowest BCUT2D eigenvalue weighted by atomic mass is 10.0. The molecule has 4 aliphatic rings. The number of fused-ring (bicyclic) bond motifs is 16. The van der Waals surface area contributed by atoms with Crippen molar-refractivity contribution < 1.29 is 14.2 Å². The normalized spacial score (nSPS) is 13.9. The van der Waals surface area contributed by atoms with E-state index in [-0.39, 0.29) is 0 Å². The van der Waals surface area contributed by atoms with E-state index in [2.05, 4.69) is 238 Å². The second-order valence-electron chi connectivity index (χ2n) is 24.1. The molecular weight excluding hydrogens is 1190 g/mol. The molecule has 0 saturated carbocycles. The Bertz CT molecular complexity index is 5420. The number of nitrogens with one attached hydrogen (secondary N) is 4. The fourth-order valence-electron chi connectivity index (χ4n) is 13.9. The zero-order valence-electron chi connectivity index (χ0n) is 52.2. The minimum absolute atomic E-state index is 0.333. The zero-order chi connectivity index (χ0) is 64.2. The van der Waals surface area contributed by atoms with Gasteiger partial charge in [0.15, 0.2) is 0 Å². The Hall–Kier alpha value is -13.0. The molecule has 97 heavy (non-hydrogen) atoms. The van der Waals surface area contributed by atoms with Crippen LogP contribution in [-0.4, -0.2) is 39.9 Å². The molecular formula is C86H58N8O3. The maximum Gasteiger partial charge on any atom is 0.249 e. The van der Waals surface area contributed by atoms with Crippen molar-refractivity contribution in [1.82, 2.24) is 39.9 Å². The van der Waals surface area contributed by atoms with Crippen molar-refractivity contribution in [2.75, 3.05) is 0 Å². The fraction of sp³-hybridized carbons (Fsp3) is 0.0233. The van der Waals surface area contributed by atoms with Gasteiger partial charge in [-0.25, -0.2) is 19.9 Å². The van der Waals surface area contributed by atoms with Gasteiger partial charge < -0.3 is 29.4 Å². The zero-order valence-corrected chi connectivity index (χ0v) is 52.2. The van der Waals surface area contributed by atoms with E-state index < -0.39 is 12.6 Å². The van der Waals surface area contributed by atoms with E-state index in [0.29, 0.717) is 23.1 Å². The van der Waals surface area contributed by atoms with Crippen LogP contribution in [0.15, 0.2) is 291 Å². The minimum atomic E-state index is -1.24. The Morgan fingerprint density at radius 3 is 0.649 bits per heavy atom. The molecule has 0 radical (unpaired) electrons. The first-order valence-electron chi connectivity index (χ1n) is 32.5. The maximum absolute atomic E-state index is 7.80. The van der Waals surface area contributed by atoms with Crippen LogP contribution in [0.4, 0.5) is 0 Å². The van der Waals surface area contributed by atoms with Gasteiger partial charge in [-0.15, -0.1) is 0 Å². The van der Waals surface area contributed by atoms with Gasteiger partial charge >= 0.3 is 0 Å². The van der Waals surface area contributed by atoms with Crippen molar-refractivity contribution in [3.63, 3.8) is 0 Å². The Morgan fingerprint density at radius 1 is 0.216 bits per heavy atom. The largest absolute Gasteiger partial charge is 0.441 e. The molecule has 460 valence electrons. The molecule has 0 spiro atoms. The van der Waals surface area contributed by atoms with Gasteiger partial charge in [0.1, 0.15) is 11.4 Å². The van der Waals surface area contributed by atoms with E-state index in [4.69, 9.17) is 34.1 Å². The Balaban J connectivity index is 0.943. The molecule has 4 N–H and O–H groups in total. The van der Waals surface area contributed by atoms with Gasteiger partial charge in [0.05, 0.1) is 44.9 Å². The molecule has 0 fully saturated rings. The quantitative estimate of drug-likeness (QED) is 0.107. The van der Waals surface area contributed by atoms with Crippen molar-refractivity contribution >= 4 is 68.4 Å². The van der Waals surface area contributed by atoms with Crippen LogP contribution in [0.5, 0.6) is 11.8 Å². The van der Waals surface area contributed by atoms with Crippen molar-refractivity contribution in [2.45, 2.75) is 12.6 Å². The number of rotatable bonds is 10. The first-order valence-corrected chi connectivity index (χ1v) is 32.5. The molecule has 0 aliphatic carbocycles. The average Bonchev–Trinajstić information content (AvgIpc) is 1.61. The molecule has 8 aromatic carbocycles. The summed E-state index contributed by atoms with van der Waals surface area (Å²) in [5, 5.41) is 0. The lowest BCUT2D eigenvalue weighted by Crippen LogP contribution is -2.16. The second kappa shape index (κ2) is 24.2. The van der Waals surface area contributed by atoms with Crippen LogP contribution in [0.2, 0.25) is 0 Å². The fourth-order valence-corrected chi connectivity index (χ4v) is 13.9. The lowest BCUT2D eigenvalue weighted by Gasteiger charge is -2.21. The summed E-state index contributed by atoms with van der Waals surface area (Å²) in [6, 6.07) is 99.7. The predicted octanol–water partition coefficient (Wildman–Crippen LogP) is 21.5. The molecule has 0 unspecified atom stereocenters. The predicted molar refractivity (Wildman–Crippen MR) is 391 cm³/mol. The summed E-state index contributed by atoms with van der Waals surface area (Å²) in [7, 11) is 0. The topological polar surface area (TPSA) is 142 Å². The van der Waals surface area contributed by atoms with E-state index in [0.717, 1.165) is 156 Å². The number of aromatic nitrogens is 8. The molecule has 2 atom stereocenters. The van der Waals surface area contributed by atoms with Gasteiger partial charge in [-0.1, -0.05) is 243 Å². The summed E-state index contributed by atoms with van der Waals surface area (Å²) in [4.78, 5) is 38.2. The first-order chi connectivity index (χ1) is 48.1. The third-order valence-corrected chi connectivity index (χ3v) is 18.2. The molecule has 18 rings (SSSR count). The number of ether oxygens (including phenoxy) is 3. The summed E-state index contributed by atoms with van der Waals surface area (Å²) in [6.07, 6.45) is 6.00. The van der Waals surface area contributed by atoms with Crippen LogP contribution < -0.4 is 9.47 Å². The molecule has 14 aromatic rings. The number of nitrogens with zero attached hydrogens (tertiary/aromatic N) is 4. The van der Waals surface area contributed by atoms with E-state index >= 15 is 0 Å². The van der Waals surface area contributed by atoms with E-state index in [9.17, 15) is 0 Å². The first kappa shape index (κ1) is 56.8. The monoisotopic (exact) mass is 1250 g/mol. The van der Waals surface area contributed by atoms with Crippen LogP contribution >= 0.6 is 0 Å². The Labute approximate surface area is 558 Å². The molecule has 4 aliphatic heterocycles. The minimum Gasteiger partial charge on any atom is -0.441 e. The maximum atomic E-state index is 7.80. The van der Waals surface area contributed by atoms with Crippen LogP contribution in [-0.2, 0) is 4.74 Å². The van der Waals surface area contributed by atoms with Crippen LogP contribution in [0.1, 0.15) is 46.7 Å². The van der Waals surface area contributed by atoms with Crippen molar-refractivity contribution in [1.29, 1.82) is 0 Å². The summed E-state index contributed by atoms with van der Waals surface area (Å²) >= 11 is 0. The molecule has 11 nitrogen and oxygen atoms in total. The van der Waals surface area contributed by atoms with Gasteiger partial charge in [-0.3, -0.25) is 4.74 Å². The summed E-state index contributed by atoms with van der Waals surface area (Å²) in [5.41, 5.74) is 25.0. The highest BCUT2D eigenvalue weighted by Gasteiger charge is 2.38. The number of H-pyrrole nitrogens is 4. The molecule has 16 bridgehead atoms. The standard InChI is InChI=1S/C86H58N8O3/c1-9-25-53(26-10-1)73-61-41-43-63(87-61)75(55-29-13-3-14-30-55)67-47-51-71(91-67)79(59-37-21-7-22-38-59)83-93-81(77(57-33-17-5-18-34-57)69-49-45-65(73)89-69)85(95-83)97-86-82-78(58-35-19-6-20-36-58)70-50-46-66(90-70)74(54-27-11-2-12-28-54)62-42-44-64(88-62)76(56-31-15-4-16-32-56)68-48-52-72(92-68)80(84(94-82)96-86)60-39-23-8-24-40-60/h1-52,85-86,89-92H/t85-,86+. The number of hydrogen-bond acceptors (Lipinski definition) is 7. The van der Waals surface area contributed by atoms with Crippen molar-refractivity contribution in [3.8, 4) is 101 Å². The highest BCUT2D eigenvalue weighted by atomic mass is 16.8. The van der Waals surface area contributed by atoms with Gasteiger partial charge in [-0.2, -0.15) is 0 Å². The van der Waals surface area contributed by atoms with Gasteiger partial charge in [0.2, 0.25) is 24.3 Å². The van der Waals surface area contributed by atoms with Crippen LogP contribution in [0.3, 0.4) is 0 Å². The molecule has 6 aromatic heterocycles. The average molecular weight is 1250 g/mol. The second-order valence-corrected chi connectivity index (χ2v) is 24.1. The SMILES string of the molecule is C1=Cc2nc1c(-c1ccccc1)c1ccc([nH]1)c(-c1ccccc1)c1nc(c(-c3ccccc3)c3ccc([nH]3)c2-c2ccccc2)[C@@H](O[C@@H]2Oc3nc2c(-c2ccccc2)c2ccc([nH]2)c(-c2ccccc2)c2nc(c(-c4ccccc4)c4ccc([nH]4)c3-c3ccccc3)C=C2)O1.